The Hall–Kier alpha value is -2.34. The van der Waals surface area contributed by atoms with E-state index < -0.39 is 5.97 Å². The van der Waals surface area contributed by atoms with Gasteiger partial charge in [-0.25, -0.2) is 9.48 Å². The molecule has 3 rings (SSSR count). The van der Waals surface area contributed by atoms with Crippen LogP contribution in [-0.2, 0) is 18.0 Å². The molecule has 0 atom stereocenters. The van der Waals surface area contributed by atoms with Gasteiger partial charge >= 0.3 is 5.97 Å². The minimum atomic E-state index is -0.556. The Bertz CT molecular complexity index is 700. The topological polar surface area (TPSA) is 65.3 Å². The van der Waals surface area contributed by atoms with E-state index in [2.05, 4.69) is 5.32 Å². The third-order valence-corrected chi connectivity index (χ3v) is 3.28. The van der Waals surface area contributed by atoms with Gasteiger partial charge in [-0.3, -0.25) is 14.8 Å². The van der Waals surface area contributed by atoms with E-state index in [4.69, 9.17) is 4.74 Å². The summed E-state index contributed by atoms with van der Waals surface area (Å²) in [5, 5.41) is 3.14. The highest BCUT2D eigenvalue weighted by molar-refractivity contribution is 5.90. The SMILES string of the molecule is CCOC(=O)c1c2n(n(-c3ccccc3)c1=O)CNC2. The standard InChI is InChI=1S/C14H15N3O3/c1-2-20-14(19)12-11-8-15-9-16(11)17(13(12)18)10-6-4-3-5-7-10/h3-7,15H,2,8-9H2,1H3. The molecule has 0 fully saturated rings. The molecule has 1 aliphatic heterocycles. The number of hydrogen-bond acceptors (Lipinski definition) is 4. The molecule has 0 saturated carbocycles. The van der Waals surface area contributed by atoms with Crippen LogP contribution in [0.3, 0.4) is 0 Å². The maximum atomic E-state index is 12.5. The lowest BCUT2D eigenvalue weighted by Gasteiger charge is -2.08. The molecule has 0 bridgehead atoms. The van der Waals surface area contributed by atoms with Crippen LogP contribution in [-0.4, -0.2) is 21.9 Å². The van der Waals surface area contributed by atoms with Gasteiger partial charge in [-0.05, 0) is 19.1 Å². The lowest BCUT2D eigenvalue weighted by molar-refractivity contribution is 0.0523. The van der Waals surface area contributed by atoms with E-state index >= 15 is 0 Å². The maximum Gasteiger partial charge on any atom is 0.345 e. The molecule has 104 valence electrons. The fourth-order valence-electron chi connectivity index (χ4n) is 2.45. The second-order valence-corrected chi connectivity index (χ2v) is 4.48. The molecule has 0 spiro atoms. The molecule has 0 unspecified atom stereocenters. The fraction of sp³-hybridized carbons (Fsp3) is 0.286. The second-order valence-electron chi connectivity index (χ2n) is 4.48. The van der Waals surface area contributed by atoms with Gasteiger partial charge < -0.3 is 4.74 Å². The highest BCUT2D eigenvalue weighted by Crippen LogP contribution is 2.16. The molecule has 0 saturated heterocycles. The summed E-state index contributed by atoms with van der Waals surface area (Å²) in [6.45, 7) is 2.96. The van der Waals surface area contributed by atoms with Crippen LogP contribution >= 0.6 is 0 Å². The van der Waals surface area contributed by atoms with Crippen LogP contribution in [0.15, 0.2) is 35.1 Å². The molecule has 1 aromatic carbocycles. The number of hydrogen-bond donors (Lipinski definition) is 1. The second kappa shape index (κ2) is 4.97. The maximum absolute atomic E-state index is 12.5. The Balaban J connectivity index is 2.20. The quantitative estimate of drug-likeness (QED) is 0.843. The molecule has 1 aromatic heterocycles. The third-order valence-electron chi connectivity index (χ3n) is 3.28. The van der Waals surface area contributed by atoms with Crippen molar-refractivity contribution in [2.75, 3.05) is 6.61 Å². The van der Waals surface area contributed by atoms with Crippen molar-refractivity contribution in [2.24, 2.45) is 0 Å². The number of carbonyl (C=O) groups is 1. The van der Waals surface area contributed by atoms with Crippen LogP contribution in [0, 0.1) is 0 Å². The Morgan fingerprint density at radius 1 is 1.35 bits per heavy atom. The van der Waals surface area contributed by atoms with Gasteiger partial charge in [0.15, 0.2) is 0 Å². The molecule has 0 aliphatic carbocycles. The van der Waals surface area contributed by atoms with Crippen molar-refractivity contribution in [3.05, 3.63) is 51.9 Å². The van der Waals surface area contributed by atoms with E-state index in [-0.39, 0.29) is 17.7 Å². The summed E-state index contributed by atoms with van der Waals surface area (Å²) in [4.78, 5) is 24.5. The largest absolute Gasteiger partial charge is 0.462 e. The Kier molecular flexibility index (Phi) is 3.15. The van der Waals surface area contributed by atoms with Crippen LogP contribution in [0.25, 0.3) is 5.69 Å². The van der Waals surface area contributed by atoms with Crippen LogP contribution in [0.5, 0.6) is 0 Å². The number of esters is 1. The van der Waals surface area contributed by atoms with Crippen molar-refractivity contribution in [2.45, 2.75) is 20.1 Å². The summed E-state index contributed by atoms with van der Waals surface area (Å²) < 4.78 is 8.29. The van der Waals surface area contributed by atoms with Gasteiger partial charge in [-0.1, -0.05) is 18.2 Å². The molecular weight excluding hydrogens is 258 g/mol. The lowest BCUT2D eigenvalue weighted by atomic mass is 10.2. The van der Waals surface area contributed by atoms with Gasteiger partial charge in [-0.2, -0.15) is 0 Å². The smallest absolute Gasteiger partial charge is 0.345 e. The van der Waals surface area contributed by atoms with E-state index in [0.717, 1.165) is 5.69 Å². The first-order valence-electron chi connectivity index (χ1n) is 6.52. The lowest BCUT2D eigenvalue weighted by Crippen LogP contribution is -2.26. The first-order valence-corrected chi connectivity index (χ1v) is 6.52. The number of nitrogens with zero attached hydrogens (tertiary/aromatic N) is 2. The monoisotopic (exact) mass is 273 g/mol. The number of para-hydroxylation sites is 1. The van der Waals surface area contributed by atoms with Crippen molar-refractivity contribution < 1.29 is 9.53 Å². The first-order chi connectivity index (χ1) is 9.74. The Morgan fingerprint density at radius 3 is 2.80 bits per heavy atom. The molecule has 1 aliphatic rings. The molecular formula is C14H15N3O3. The predicted molar refractivity (Wildman–Crippen MR) is 72.8 cm³/mol. The summed E-state index contributed by atoms with van der Waals surface area (Å²) in [6.07, 6.45) is 0. The summed E-state index contributed by atoms with van der Waals surface area (Å²) in [5.74, 6) is -0.556. The van der Waals surface area contributed by atoms with Gasteiger partial charge in [0, 0.05) is 6.54 Å². The average molecular weight is 273 g/mol. The normalized spacial score (nSPS) is 13.2. The van der Waals surface area contributed by atoms with Gasteiger partial charge in [0.2, 0.25) is 0 Å². The van der Waals surface area contributed by atoms with E-state index in [9.17, 15) is 9.59 Å². The summed E-state index contributed by atoms with van der Waals surface area (Å²) >= 11 is 0. The minimum Gasteiger partial charge on any atom is -0.462 e. The van der Waals surface area contributed by atoms with Crippen LogP contribution in [0.2, 0.25) is 0 Å². The van der Waals surface area contributed by atoms with Crippen molar-refractivity contribution >= 4 is 5.97 Å². The van der Waals surface area contributed by atoms with E-state index in [1.165, 1.54) is 4.68 Å². The molecule has 20 heavy (non-hydrogen) atoms. The van der Waals surface area contributed by atoms with Gasteiger partial charge in [0.05, 0.1) is 24.7 Å². The molecule has 2 aromatic rings. The highest BCUT2D eigenvalue weighted by Gasteiger charge is 2.29. The highest BCUT2D eigenvalue weighted by atomic mass is 16.5. The fourth-order valence-corrected chi connectivity index (χ4v) is 2.45. The first kappa shape index (κ1) is 12.7. The molecule has 0 amide bonds. The van der Waals surface area contributed by atoms with Gasteiger partial charge in [0.25, 0.3) is 5.56 Å². The van der Waals surface area contributed by atoms with Crippen LogP contribution < -0.4 is 10.9 Å². The number of carbonyl (C=O) groups excluding carboxylic acids is 1. The summed E-state index contributed by atoms with van der Waals surface area (Å²) in [6, 6.07) is 9.26. The zero-order valence-corrected chi connectivity index (χ0v) is 11.1. The molecule has 6 nitrogen and oxygen atoms in total. The Labute approximate surface area is 115 Å². The third kappa shape index (κ3) is 1.85. The zero-order valence-electron chi connectivity index (χ0n) is 11.1. The number of nitrogens with one attached hydrogen (secondary N) is 1. The summed E-state index contributed by atoms with van der Waals surface area (Å²) in [7, 11) is 0. The minimum absolute atomic E-state index is 0.126. The zero-order chi connectivity index (χ0) is 14.1. The Morgan fingerprint density at radius 2 is 2.10 bits per heavy atom. The number of benzene rings is 1. The molecule has 0 radical (unpaired) electrons. The van der Waals surface area contributed by atoms with E-state index in [0.29, 0.717) is 18.9 Å². The number of rotatable bonds is 3. The molecule has 2 heterocycles. The van der Waals surface area contributed by atoms with E-state index in [1.54, 1.807) is 11.6 Å². The van der Waals surface area contributed by atoms with Crippen molar-refractivity contribution in [3.8, 4) is 5.69 Å². The van der Waals surface area contributed by atoms with Gasteiger partial charge in [0.1, 0.15) is 5.56 Å². The summed E-state index contributed by atoms with van der Waals surface area (Å²) in [5.41, 5.74) is 1.21. The van der Waals surface area contributed by atoms with Crippen molar-refractivity contribution in [3.63, 3.8) is 0 Å². The number of fused-ring (bicyclic) bond motifs is 1. The number of ether oxygens (including phenoxy) is 1. The number of aromatic nitrogens is 2. The van der Waals surface area contributed by atoms with E-state index in [1.807, 2.05) is 30.3 Å². The van der Waals surface area contributed by atoms with Crippen LogP contribution in [0.4, 0.5) is 0 Å². The molecule has 6 heteroatoms. The predicted octanol–water partition coefficient (Wildman–Crippen LogP) is 0.876. The van der Waals surface area contributed by atoms with Crippen molar-refractivity contribution in [1.29, 1.82) is 0 Å². The van der Waals surface area contributed by atoms with Crippen molar-refractivity contribution in [1.82, 2.24) is 14.7 Å². The van der Waals surface area contributed by atoms with Crippen LogP contribution in [0.1, 0.15) is 23.0 Å². The van der Waals surface area contributed by atoms with Gasteiger partial charge in [-0.15, -0.1) is 0 Å². The average Bonchev–Trinajstić information content (AvgIpc) is 2.99. The molecule has 1 N–H and O–H groups in total.